The average Bonchev–Trinajstić information content (AvgIpc) is 2.75. The van der Waals surface area contributed by atoms with Gasteiger partial charge in [0.1, 0.15) is 0 Å². The maximum absolute atomic E-state index is 4.31. The fourth-order valence-electron chi connectivity index (χ4n) is 2.61. The highest BCUT2D eigenvalue weighted by atomic mass is 79.9. The maximum Gasteiger partial charge on any atom is 0.0889 e. The Balaban J connectivity index is 1.93. The van der Waals surface area contributed by atoms with E-state index in [4.69, 9.17) is 0 Å². The van der Waals surface area contributed by atoms with E-state index in [1.807, 2.05) is 18.3 Å². The van der Waals surface area contributed by atoms with Crippen molar-refractivity contribution in [2.75, 3.05) is 13.1 Å². The van der Waals surface area contributed by atoms with Crippen molar-refractivity contribution in [3.8, 4) is 11.3 Å². The van der Waals surface area contributed by atoms with Gasteiger partial charge in [-0.15, -0.1) is 5.10 Å². The Hall–Kier alpha value is -1.20. The molecule has 3 rings (SSSR count). The van der Waals surface area contributed by atoms with Crippen LogP contribution in [0.25, 0.3) is 11.3 Å². The van der Waals surface area contributed by atoms with E-state index in [9.17, 15) is 0 Å². The summed E-state index contributed by atoms with van der Waals surface area (Å²) in [6.07, 6.45) is 5.34. The summed E-state index contributed by atoms with van der Waals surface area (Å²) in [4.78, 5) is 0. The molecule has 19 heavy (non-hydrogen) atoms. The van der Waals surface area contributed by atoms with E-state index in [0.717, 1.165) is 41.7 Å². The standard InChI is InChI=1S/C14H17BrN4/c15-12-4-1-3-11(9-12)14-10-17-18-19(14)13-5-2-7-16-8-6-13/h1,3-4,9-10,13,16H,2,5-8H2. The van der Waals surface area contributed by atoms with Crippen molar-refractivity contribution in [1.29, 1.82) is 0 Å². The van der Waals surface area contributed by atoms with Crippen LogP contribution in [0.15, 0.2) is 34.9 Å². The Labute approximate surface area is 121 Å². The highest BCUT2D eigenvalue weighted by Gasteiger charge is 2.18. The van der Waals surface area contributed by atoms with Crippen LogP contribution in [0.3, 0.4) is 0 Å². The van der Waals surface area contributed by atoms with E-state index in [1.54, 1.807) is 0 Å². The Bertz CT molecular complexity index is 544. The van der Waals surface area contributed by atoms with Crippen LogP contribution >= 0.6 is 15.9 Å². The van der Waals surface area contributed by atoms with Crippen molar-refractivity contribution in [2.24, 2.45) is 0 Å². The first-order valence-electron chi connectivity index (χ1n) is 6.71. The number of rotatable bonds is 2. The Kier molecular flexibility index (Phi) is 3.94. The molecule has 1 fully saturated rings. The zero-order valence-corrected chi connectivity index (χ0v) is 12.3. The van der Waals surface area contributed by atoms with Crippen LogP contribution in [-0.4, -0.2) is 28.1 Å². The van der Waals surface area contributed by atoms with Gasteiger partial charge in [0, 0.05) is 10.0 Å². The van der Waals surface area contributed by atoms with Crippen molar-refractivity contribution in [3.05, 3.63) is 34.9 Å². The SMILES string of the molecule is Brc1cccc(-c2cnnn2C2CCCNCC2)c1. The minimum absolute atomic E-state index is 0.450. The first kappa shape index (κ1) is 12.8. The van der Waals surface area contributed by atoms with Gasteiger partial charge in [0.05, 0.1) is 17.9 Å². The minimum atomic E-state index is 0.450. The van der Waals surface area contributed by atoms with E-state index in [1.165, 1.54) is 6.42 Å². The van der Waals surface area contributed by atoms with Gasteiger partial charge in [-0.25, -0.2) is 4.68 Å². The van der Waals surface area contributed by atoms with Crippen LogP contribution in [0.2, 0.25) is 0 Å². The summed E-state index contributed by atoms with van der Waals surface area (Å²) in [5.41, 5.74) is 2.27. The zero-order valence-electron chi connectivity index (χ0n) is 10.7. The quantitative estimate of drug-likeness (QED) is 0.924. The summed E-state index contributed by atoms with van der Waals surface area (Å²) in [5, 5.41) is 11.9. The fourth-order valence-corrected chi connectivity index (χ4v) is 3.01. The molecule has 1 saturated heterocycles. The van der Waals surface area contributed by atoms with E-state index < -0.39 is 0 Å². The van der Waals surface area contributed by atoms with Crippen LogP contribution in [-0.2, 0) is 0 Å². The summed E-state index contributed by atoms with van der Waals surface area (Å²) in [6, 6.07) is 8.75. The van der Waals surface area contributed by atoms with E-state index in [-0.39, 0.29) is 0 Å². The van der Waals surface area contributed by atoms with E-state index in [2.05, 4.69) is 48.4 Å². The lowest BCUT2D eigenvalue weighted by Crippen LogP contribution is -2.16. The predicted molar refractivity (Wildman–Crippen MR) is 78.9 cm³/mol. The lowest BCUT2D eigenvalue weighted by atomic mass is 10.1. The Morgan fingerprint density at radius 1 is 1.26 bits per heavy atom. The lowest BCUT2D eigenvalue weighted by Gasteiger charge is -2.16. The third-order valence-electron chi connectivity index (χ3n) is 3.59. The molecule has 1 unspecified atom stereocenters. The van der Waals surface area contributed by atoms with Gasteiger partial charge in [0.25, 0.3) is 0 Å². The molecule has 0 aliphatic carbocycles. The van der Waals surface area contributed by atoms with Crippen molar-refractivity contribution in [1.82, 2.24) is 20.3 Å². The van der Waals surface area contributed by atoms with Crippen LogP contribution in [0.4, 0.5) is 0 Å². The fraction of sp³-hybridized carbons (Fsp3) is 0.429. The van der Waals surface area contributed by atoms with Gasteiger partial charge in [-0.2, -0.15) is 0 Å². The Morgan fingerprint density at radius 3 is 3.11 bits per heavy atom. The molecule has 4 nitrogen and oxygen atoms in total. The summed E-state index contributed by atoms with van der Waals surface area (Å²) in [5.74, 6) is 0. The Morgan fingerprint density at radius 2 is 2.21 bits per heavy atom. The van der Waals surface area contributed by atoms with Crippen molar-refractivity contribution >= 4 is 15.9 Å². The molecule has 1 aliphatic rings. The molecule has 0 bridgehead atoms. The number of halogens is 1. The highest BCUT2D eigenvalue weighted by molar-refractivity contribution is 9.10. The second kappa shape index (κ2) is 5.84. The number of nitrogens with one attached hydrogen (secondary N) is 1. The van der Waals surface area contributed by atoms with Gasteiger partial charge < -0.3 is 5.32 Å². The second-order valence-corrected chi connectivity index (χ2v) is 5.82. The van der Waals surface area contributed by atoms with Crippen LogP contribution in [0.5, 0.6) is 0 Å². The topological polar surface area (TPSA) is 42.7 Å². The van der Waals surface area contributed by atoms with Gasteiger partial charge >= 0.3 is 0 Å². The number of hydrogen-bond acceptors (Lipinski definition) is 3. The molecule has 100 valence electrons. The number of aromatic nitrogens is 3. The molecular weight excluding hydrogens is 304 g/mol. The first-order valence-corrected chi connectivity index (χ1v) is 7.51. The second-order valence-electron chi connectivity index (χ2n) is 4.91. The summed E-state index contributed by atoms with van der Waals surface area (Å²) >= 11 is 3.52. The monoisotopic (exact) mass is 320 g/mol. The van der Waals surface area contributed by atoms with Gasteiger partial charge in [0.15, 0.2) is 0 Å². The van der Waals surface area contributed by atoms with E-state index >= 15 is 0 Å². The summed E-state index contributed by atoms with van der Waals surface area (Å²) in [6.45, 7) is 2.17. The van der Waals surface area contributed by atoms with Crippen LogP contribution in [0, 0.1) is 0 Å². The number of hydrogen-bond donors (Lipinski definition) is 1. The first-order chi connectivity index (χ1) is 9.34. The molecule has 0 radical (unpaired) electrons. The minimum Gasteiger partial charge on any atom is -0.317 e. The van der Waals surface area contributed by atoms with Gasteiger partial charge in [-0.05, 0) is 44.5 Å². The van der Waals surface area contributed by atoms with Crippen molar-refractivity contribution in [3.63, 3.8) is 0 Å². The molecule has 0 saturated carbocycles. The molecule has 2 heterocycles. The molecule has 1 aromatic carbocycles. The van der Waals surface area contributed by atoms with Gasteiger partial charge in [-0.3, -0.25) is 0 Å². The van der Waals surface area contributed by atoms with Crippen LogP contribution in [0.1, 0.15) is 25.3 Å². The molecule has 1 aliphatic heterocycles. The molecule has 0 spiro atoms. The third-order valence-corrected chi connectivity index (χ3v) is 4.08. The zero-order chi connectivity index (χ0) is 13.1. The van der Waals surface area contributed by atoms with Gasteiger partial charge in [0.2, 0.25) is 0 Å². The maximum atomic E-state index is 4.31. The van der Waals surface area contributed by atoms with Crippen LogP contribution < -0.4 is 5.32 Å². The lowest BCUT2D eigenvalue weighted by molar-refractivity contribution is 0.408. The van der Waals surface area contributed by atoms with E-state index in [0.29, 0.717) is 6.04 Å². The molecule has 1 N–H and O–H groups in total. The molecule has 2 aromatic rings. The third kappa shape index (κ3) is 2.87. The smallest absolute Gasteiger partial charge is 0.0889 e. The summed E-state index contributed by atoms with van der Waals surface area (Å²) in [7, 11) is 0. The normalized spacial score (nSPS) is 20.2. The molecular formula is C14H17BrN4. The molecule has 1 aromatic heterocycles. The molecule has 1 atom stereocenters. The highest BCUT2D eigenvalue weighted by Crippen LogP contribution is 2.27. The van der Waals surface area contributed by atoms with Gasteiger partial charge in [-0.1, -0.05) is 33.3 Å². The molecule has 5 heteroatoms. The summed E-state index contributed by atoms with van der Waals surface area (Å²) < 4.78 is 3.18. The van der Waals surface area contributed by atoms with Crippen molar-refractivity contribution in [2.45, 2.75) is 25.3 Å². The molecule has 0 amide bonds. The number of benzene rings is 1. The van der Waals surface area contributed by atoms with Crippen molar-refractivity contribution < 1.29 is 0 Å². The average molecular weight is 321 g/mol. The number of nitrogens with zero attached hydrogens (tertiary/aromatic N) is 3. The predicted octanol–water partition coefficient (Wildman–Crippen LogP) is 3.02. The largest absolute Gasteiger partial charge is 0.317 e.